The molecule has 0 saturated carbocycles. The molecule has 27 heavy (non-hydrogen) atoms. The molecule has 0 fully saturated rings. The predicted molar refractivity (Wildman–Crippen MR) is 111 cm³/mol. The van der Waals surface area contributed by atoms with Crippen molar-refractivity contribution in [2.24, 2.45) is 0 Å². The molecule has 4 rings (SSSR count). The third-order valence-electron chi connectivity index (χ3n) is 4.34. The molecular weight excluding hydrogens is 404 g/mol. The Morgan fingerprint density at radius 1 is 0.852 bits per heavy atom. The Hall–Kier alpha value is -2.85. The Morgan fingerprint density at radius 2 is 1.56 bits per heavy atom. The van der Waals surface area contributed by atoms with Gasteiger partial charge >= 0.3 is 0 Å². The first kappa shape index (κ1) is 17.6. The van der Waals surface area contributed by atoms with E-state index in [9.17, 15) is 4.79 Å². The molecule has 0 bridgehead atoms. The number of para-hydroxylation sites is 1. The highest BCUT2D eigenvalue weighted by Gasteiger charge is 2.17. The van der Waals surface area contributed by atoms with E-state index in [4.69, 9.17) is 9.15 Å². The molecule has 0 amide bonds. The standard InChI is InChI=1S/C23H17BrO3/c24-18-12-10-17(11-13-18)22-23(26-15-14-16-6-2-1-3-7-16)21(25)19-8-4-5-9-20(19)27-22/h1-13H,14-15H2. The molecule has 0 aliphatic carbocycles. The monoisotopic (exact) mass is 420 g/mol. The van der Waals surface area contributed by atoms with E-state index in [1.165, 1.54) is 0 Å². The molecule has 1 heterocycles. The smallest absolute Gasteiger partial charge is 0.235 e. The first-order chi connectivity index (χ1) is 13.2. The first-order valence-electron chi connectivity index (χ1n) is 8.71. The van der Waals surface area contributed by atoms with Crippen LogP contribution >= 0.6 is 15.9 Å². The van der Waals surface area contributed by atoms with Crippen LogP contribution in [0.15, 0.2) is 92.5 Å². The lowest BCUT2D eigenvalue weighted by Crippen LogP contribution is -2.12. The summed E-state index contributed by atoms with van der Waals surface area (Å²) in [5.41, 5.74) is 2.36. The van der Waals surface area contributed by atoms with Crippen molar-refractivity contribution >= 4 is 26.9 Å². The molecule has 1 aromatic heterocycles. The third-order valence-corrected chi connectivity index (χ3v) is 4.87. The second kappa shape index (κ2) is 7.80. The topological polar surface area (TPSA) is 39.4 Å². The van der Waals surface area contributed by atoms with Gasteiger partial charge in [-0.1, -0.05) is 58.4 Å². The maximum Gasteiger partial charge on any atom is 0.235 e. The molecule has 3 aromatic carbocycles. The zero-order valence-electron chi connectivity index (χ0n) is 14.5. The normalized spacial score (nSPS) is 10.9. The molecule has 134 valence electrons. The zero-order valence-corrected chi connectivity index (χ0v) is 16.1. The summed E-state index contributed by atoms with van der Waals surface area (Å²) in [5.74, 6) is 0.714. The summed E-state index contributed by atoms with van der Waals surface area (Å²) in [6.07, 6.45) is 0.715. The minimum Gasteiger partial charge on any atom is -0.486 e. The molecule has 0 atom stereocenters. The average Bonchev–Trinajstić information content (AvgIpc) is 2.71. The van der Waals surface area contributed by atoms with Crippen molar-refractivity contribution in [1.29, 1.82) is 0 Å². The molecule has 0 aliphatic rings. The van der Waals surface area contributed by atoms with Crippen LogP contribution in [-0.2, 0) is 6.42 Å². The number of halogens is 1. The van der Waals surface area contributed by atoms with Gasteiger partial charge in [0.05, 0.1) is 12.0 Å². The van der Waals surface area contributed by atoms with Crippen LogP contribution in [0.25, 0.3) is 22.3 Å². The van der Waals surface area contributed by atoms with Crippen molar-refractivity contribution in [3.05, 3.63) is 99.1 Å². The van der Waals surface area contributed by atoms with Crippen molar-refractivity contribution in [3.63, 3.8) is 0 Å². The van der Waals surface area contributed by atoms with Gasteiger partial charge in [0.1, 0.15) is 5.58 Å². The van der Waals surface area contributed by atoms with Crippen LogP contribution in [0.2, 0.25) is 0 Å². The van der Waals surface area contributed by atoms with E-state index in [1.807, 2.05) is 66.7 Å². The third kappa shape index (κ3) is 3.81. The average molecular weight is 421 g/mol. The molecule has 0 saturated heterocycles. The lowest BCUT2D eigenvalue weighted by atomic mass is 10.1. The van der Waals surface area contributed by atoms with Crippen LogP contribution < -0.4 is 10.2 Å². The molecule has 4 aromatic rings. The van der Waals surface area contributed by atoms with Gasteiger partial charge in [-0.15, -0.1) is 0 Å². The Labute approximate surface area is 165 Å². The molecule has 0 aliphatic heterocycles. The maximum absolute atomic E-state index is 13.0. The van der Waals surface area contributed by atoms with Crippen LogP contribution in [0, 0.1) is 0 Å². The Bertz CT molecular complexity index is 1120. The fourth-order valence-corrected chi connectivity index (χ4v) is 3.23. The molecular formula is C23H17BrO3. The predicted octanol–water partition coefficient (Wildman–Crippen LogP) is 5.84. The Morgan fingerprint density at radius 3 is 2.33 bits per heavy atom. The summed E-state index contributed by atoms with van der Waals surface area (Å²) in [7, 11) is 0. The molecule has 0 unspecified atom stereocenters. The van der Waals surface area contributed by atoms with Crippen LogP contribution in [0.1, 0.15) is 5.56 Å². The van der Waals surface area contributed by atoms with E-state index in [1.54, 1.807) is 12.1 Å². The van der Waals surface area contributed by atoms with Crippen molar-refractivity contribution in [1.82, 2.24) is 0 Å². The molecule has 3 nitrogen and oxygen atoms in total. The SMILES string of the molecule is O=c1c(OCCc2ccccc2)c(-c2ccc(Br)cc2)oc2ccccc12. The number of hydrogen-bond acceptors (Lipinski definition) is 3. The Balaban J connectivity index is 1.74. The van der Waals surface area contributed by atoms with E-state index in [0.29, 0.717) is 29.8 Å². The summed E-state index contributed by atoms with van der Waals surface area (Å²) in [4.78, 5) is 13.0. The van der Waals surface area contributed by atoms with Gasteiger partial charge in [-0.3, -0.25) is 4.79 Å². The summed E-state index contributed by atoms with van der Waals surface area (Å²) in [5, 5.41) is 0.521. The highest BCUT2D eigenvalue weighted by Crippen LogP contribution is 2.31. The number of ether oxygens (including phenoxy) is 1. The van der Waals surface area contributed by atoms with Gasteiger partial charge in [0.15, 0.2) is 5.76 Å². The largest absolute Gasteiger partial charge is 0.486 e. The minimum atomic E-state index is -0.150. The van der Waals surface area contributed by atoms with Gasteiger partial charge in [0, 0.05) is 16.5 Å². The van der Waals surface area contributed by atoms with E-state index in [0.717, 1.165) is 15.6 Å². The van der Waals surface area contributed by atoms with E-state index < -0.39 is 0 Å². The number of benzene rings is 3. The van der Waals surface area contributed by atoms with Crippen LogP contribution in [0.4, 0.5) is 0 Å². The molecule has 0 N–H and O–H groups in total. The van der Waals surface area contributed by atoms with Gasteiger partial charge in [0.25, 0.3) is 0 Å². The first-order valence-corrected chi connectivity index (χ1v) is 9.50. The van der Waals surface area contributed by atoms with E-state index >= 15 is 0 Å². The van der Waals surface area contributed by atoms with E-state index in [-0.39, 0.29) is 11.2 Å². The maximum atomic E-state index is 13.0. The highest BCUT2D eigenvalue weighted by atomic mass is 79.9. The quantitative estimate of drug-likeness (QED) is 0.406. The zero-order chi connectivity index (χ0) is 18.6. The lowest BCUT2D eigenvalue weighted by Gasteiger charge is -2.12. The van der Waals surface area contributed by atoms with Gasteiger partial charge < -0.3 is 9.15 Å². The van der Waals surface area contributed by atoms with Crippen molar-refractivity contribution in [2.45, 2.75) is 6.42 Å². The van der Waals surface area contributed by atoms with Crippen LogP contribution in [0.5, 0.6) is 5.75 Å². The summed E-state index contributed by atoms with van der Waals surface area (Å²) >= 11 is 3.43. The number of rotatable bonds is 5. The minimum absolute atomic E-state index is 0.150. The van der Waals surface area contributed by atoms with Crippen LogP contribution in [-0.4, -0.2) is 6.61 Å². The van der Waals surface area contributed by atoms with E-state index in [2.05, 4.69) is 15.9 Å². The number of hydrogen-bond donors (Lipinski definition) is 0. The lowest BCUT2D eigenvalue weighted by molar-refractivity contribution is 0.313. The summed E-state index contributed by atoms with van der Waals surface area (Å²) in [6.45, 7) is 0.399. The molecule has 4 heteroatoms. The fourth-order valence-electron chi connectivity index (χ4n) is 2.96. The van der Waals surface area contributed by atoms with Gasteiger partial charge in [-0.2, -0.15) is 0 Å². The second-order valence-corrected chi connectivity index (χ2v) is 7.09. The second-order valence-electron chi connectivity index (χ2n) is 6.18. The van der Waals surface area contributed by atoms with Crippen molar-refractivity contribution in [2.75, 3.05) is 6.61 Å². The summed E-state index contributed by atoms with van der Waals surface area (Å²) in [6, 6.07) is 24.9. The molecule has 0 spiro atoms. The van der Waals surface area contributed by atoms with Gasteiger partial charge in [0.2, 0.25) is 11.2 Å². The van der Waals surface area contributed by atoms with Crippen molar-refractivity contribution in [3.8, 4) is 17.1 Å². The summed E-state index contributed by atoms with van der Waals surface area (Å²) < 4.78 is 13.0. The fraction of sp³-hybridized carbons (Fsp3) is 0.0870. The number of fused-ring (bicyclic) bond motifs is 1. The Kier molecular flexibility index (Phi) is 5.07. The van der Waals surface area contributed by atoms with Gasteiger partial charge in [-0.05, 0) is 42.0 Å². The highest BCUT2D eigenvalue weighted by molar-refractivity contribution is 9.10. The van der Waals surface area contributed by atoms with Crippen molar-refractivity contribution < 1.29 is 9.15 Å². The van der Waals surface area contributed by atoms with Crippen LogP contribution in [0.3, 0.4) is 0 Å². The van der Waals surface area contributed by atoms with Gasteiger partial charge in [-0.25, -0.2) is 0 Å². The molecule has 0 radical (unpaired) electrons.